The molecule has 27 heavy (non-hydrogen) atoms. The highest BCUT2D eigenvalue weighted by Crippen LogP contribution is 2.42. The topological polar surface area (TPSA) is 140 Å². The average molecular weight is 371 g/mol. The largest absolute Gasteiger partial charge is 0.378 e. The summed E-state index contributed by atoms with van der Waals surface area (Å²) in [7, 11) is 3.73. The molecule has 1 fully saturated rings. The van der Waals surface area contributed by atoms with Crippen LogP contribution in [0.15, 0.2) is 21.9 Å². The number of hydrazone groups is 1. The van der Waals surface area contributed by atoms with E-state index in [4.69, 9.17) is 5.73 Å². The number of nitrogen functional groups attached to an aromatic ring is 1. The zero-order chi connectivity index (χ0) is 19.0. The van der Waals surface area contributed by atoms with E-state index in [0.717, 1.165) is 6.42 Å². The Balaban J connectivity index is 1.52. The fourth-order valence-corrected chi connectivity index (χ4v) is 3.67. The molecule has 1 amide bonds. The van der Waals surface area contributed by atoms with Crippen LogP contribution in [-0.2, 0) is 6.54 Å². The minimum absolute atomic E-state index is 0.0641. The molecule has 0 saturated heterocycles. The van der Waals surface area contributed by atoms with Gasteiger partial charge in [-0.1, -0.05) is 17.4 Å². The second kappa shape index (κ2) is 6.91. The number of hydrogen-bond donors (Lipinski definition) is 2. The number of carbonyl (C=O) groups is 1. The Bertz CT molecular complexity index is 898. The number of nitrogens with one attached hydrogen (secondary N) is 1. The first-order chi connectivity index (χ1) is 13.0. The molecule has 4 rings (SSSR count). The first-order valence-electron chi connectivity index (χ1n) is 8.72. The van der Waals surface area contributed by atoms with Crippen molar-refractivity contribution in [3.8, 4) is 5.82 Å². The maximum Gasteiger partial charge on any atom is 0.293 e. The van der Waals surface area contributed by atoms with Crippen LogP contribution in [-0.4, -0.2) is 56.4 Å². The zero-order valence-electron chi connectivity index (χ0n) is 15.1. The van der Waals surface area contributed by atoms with E-state index < -0.39 is 5.91 Å². The van der Waals surface area contributed by atoms with Gasteiger partial charge in [-0.25, -0.2) is 10.1 Å². The van der Waals surface area contributed by atoms with Gasteiger partial charge in [0.15, 0.2) is 5.69 Å². The fourth-order valence-electron chi connectivity index (χ4n) is 3.67. The minimum atomic E-state index is -0.442. The van der Waals surface area contributed by atoms with Gasteiger partial charge in [-0.05, 0) is 49.1 Å². The van der Waals surface area contributed by atoms with Gasteiger partial charge < -0.3 is 10.6 Å². The molecule has 2 aliphatic carbocycles. The predicted octanol–water partition coefficient (Wildman–Crippen LogP) is 0.222. The number of nitrogens with two attached hydrogens (primary N) is 1. The molecule has 2 heterocycles. The number of hydrogen-bond acceptors (Lipinski definition) is 9. The maximum atomic E-state index is 12.6. The third kappa shape index (κ3) is 3.33. The Hall–Kier alpha value is -3.08. The Kier molecular flexibility index (Phi) is 4.44. The molecule has 11 nitrogen and oxygen atoms in total. The number of rotatable bonds is 6. The van der Waals surface area contributed by atoms with Crippen molar-refractivity contribution in [2.75, 3.05) is 19.8 Å². The van der Waals surface area contributed by atoms with Crippen molar-refractivity contribution in [3.05, 3.63) is 23.5 Å². The summed E-state index contributed by atoms with van der Waals surface area (Å²) in [5.74, 6) is 1.37. The van der Waals surface area contributed by atoms with Crippen molar-refractivity contribution in [2.24, 2.45) is 22.9 Å². The number of allylic oxidation sites excluding steroid dienone is 2. The van der Waals surface area contributed by atoms with Crippen molar-refractivity contribution in [1.82, 2.24) is 35.6 Å². The van der Waals surface area contributed by atoms with Crippen LogP contribution in [0.5, 0.6) is 0 Å². The lowest BCUT2D eigenvalue weighted by Gasteiger charge is -2.12. The minimum Gasteiger partial charge on any atom is -0.378 e. The Morgan fingerprint density at radius 3 is 2.93 bits per heavy atom. The van der Waals surface area contributed by atoms with E-state index in [0.29, 0.717) is 30.0 Å². The lowest BCUT2D eigenvalue weighted by Crippen LogP contribution is -2.24. The van der Waals surface area contributed by atoms with E-state index in [1.54, 1.807) is 0 Å². The van der Waals surface area contributed by atoms with Gasteiger partial charge in [0.1, 0.15) is 0 Å². The van der Waals surface area contributed by atoms with Crippen LogP contribution in [0.1, 0.15) is 29.0 Å². The number of aromatic nitrogens is 5. The van der Waals surface area contributed by atoms with Gasteiger partial charge in [0.2, 0.25) is 11.6 Å². The van der Waals surface area contributed by atoms with Crippen molar-refractivity contribution in [1.29, 1.82) is 0 Å². The SMILES string of the molecule is CN(C)Cc1c(C(=O)N/N=C\[C@H]2C[C@@H]3C=C[C@H]2C3)nnn1-c1nonc1N. The maximum absolute atomic E-state index is 12.6. The summed E-state index contributed by atoms with van der Waals surface area (Å²) in [5, 5.41) is 19.4. The predicted molar refractivity (Wildman–Crippen MR) is 95.8 cm³/mol. The van der Waals surface area contributed by atoms with Crippen molar-refractivity contribution < 1.29 is 9.42 Å². The van der Waals surface area contributed by atoms with Crippen LogP contribution in [0.4, 0.5) is 5.82 Å². The first-order valence-corrected chi connectivity index (χ1v) is 8.72. The molecule has 0 unspecified atom stereocenters. The number of fused-ring (bicyclic) bond motifs is 2. The zero-order valence-corrected chi connectivity index (χ0v) is 15.1. The molecule has 0 spiro atoms. The van der Waals surface area contributed by atoms with Crippen molar-refractivity contribution in [2.45, 2.75) is 19.4 Å². The van der Waals surface area contributed by atoms with Gasteiger partial charge in [-0.3, -0.25) is 4.79 Å². The highest BCUT2D eigenvalue weighted by molar-refractivity contribution is 5.93. The van der Waals surface area contributed by atoms with Gasteiger partial charge in [0.05, 0.1) is 5.69 Å². The molecular weight excluding hydrogens is 350 g/mol. The smallest absolute Gasteiger partial charge is 0.293 e. The molecule has 3 atom stereocenters. The number of anilines is 1. The Morgan fingerprint density at radius 1 is 1.44 bits per heavy atom. The van der Waals surface area contributed by atoms with Gasteiger partial charge in [0, 0.05) is 18.7 Å². The van der Waals surface area contributed by atoms with Gasteiger partial charge in [0.25, 0.3) is 5.91 Å². The monoisotopic (exact) mass is 371 g/mol. The van der Waals surface area contributed by atoms with E-state index in [-0.39, 0.29) is 17.3 Å². The third-order valence-corrected chi connectivity index (χ3v) is 4.90. The molecule has 11 heteroatoms. The normalized spacial score (nSPS) is 23.7. The fraction of sp³-hybridized carbons (Fsp3) is 0.500. The summed E-state index contributed by atoms with van der Waals surface area (Å²) in [4.78, 5) is 14.5. The molecule has 0 aromatic carbocycles. The van der Waals surface area contributed by atoms with Crippen LogP contribution in [0.2, 0.25) is 0 Å². The quantitative estimate of drug-likeness (QED) is 0.417. The van der Waals surface area contributed by atoms with Gasteiger partial charge in [-0.2, -0.15) is 9.78 Å². The Morgan fingerprint density at radius 2 is 2.30 bits per heavy atom. The third-order valence-electron chi connectivity index (χ3n) is 4.90. The van der Waals surface area contributed by atoms with E-state index in [9.17, 15) is 4.79 Å². The van der Waals surface area contributed by atoms with Crippen LogP contribution in [0, 0.1) is 17.8 Å². The molecular formula is C16H21N9O2. The van der Waals surface area contributed by atoms with E-state index in [1.807, 2.05) is 25.2 Å². The molecule has 2 aliphatic rings. The number of nitrogens with zero attached hydrogens (tertiary/aromatic N) is 7. The van der Waals surface area contributed by atoms with Gasteiger partial charge >= 0.3 is 0 Å². The average Bonchev–Trinajstić information content (AvgIpc) is 3.38. The van der Waals surface area contributed by atoms with E-state index >= 15 is 0 Å². The van der Waals surface area contributed by atoms with Gasteiger partial charge in [-0.15, -0.1) is 5.10 Å². The second-order valence-corrected chi connectivity index (χ2v) is 7.17. The lowest BCUT2D eigenvalue weighted by molar-refractivity contribution is 0.0948. The van der Waals surface area contributed by atoms with Crippen LogP contribution < -0.4 is 11.2 Å². The molecule has 3 N–H and O–H groups in total. The summed E-state index contributed by atoms with van der Waals surface area (Å²) >= 11 is 0. The molecule has 1 saturated carbocycles. The van der Waals surface area contributed by atoms with Crippen LogP contribution in [0.3, 0.4) is 0 Å². The summed E-state index contributed by atoms with van der Waals surface area (Å²) in [5.41, 5.74) is 8.95. The van der Waals surface area contributed by atoms with Crippen molar-refractivity contribution >= 4 is 17.9 Å². The summed E-state index contributed by atoms with van der Waals surface area (Å²) in [6, 6.07) is 0. The highest BCUT2D eigenvalue weighted by atomic mass is 16.6. The van der Waals surface area contributed by atoms with E-state index in [2.05, 4.69) is 47.9 Å². The molecule has 142 valence electrons. The lowest BCUT2D eigenvalue weighted by atomic mass is 9.95. The molecule has 2 bridgehead atoms. The highest BCUT2D eigenvalue weighted by Gasteiger charge is 2.34. The summed E-state index contributed by atoms with van der Waals surface area (Å²) in [6.07, 6.45) is 8.59. The Labute approximate surface area is 155 Å². The molecule has 2 aromatic heterocycles. The first kappa shape index (κ1) is 17.3. The van der Waals surface area contributed by atoms with Crippen molar-refractivity contribution in [3.63, 3.8) is 0 Å². The van der Waals surface area contributed by atoms with Crippen LogP contribution in [0.25, 0.3) is 5.82 Å². The van der Waals surface area contributed by atoms with Crippen LogP contribution >= 0.6 is 0 Å². The summed E-state index contributed by atoms with van der Waals surface area (Å²) < 4.78 is 5.97. The molecule has 0 radical (unpaired) electrons. The number of carbonyl (C=O) groups excluding carboxylic acids is 1. The standard InChI is InChI=1S/C16H21N9O2/c1-24(2)8-12-13(19-23-25(12)15-14(17)21-27-22-15)16(26)20-18-7-11-6-9-3-4-10(11)5-9/h3-4,7,9-11H,5-6,8H2,1-2H3,(H2,17,21)(H,20,26)/b18-7-/t9-,10+,11-/m1/s1. The summed E-state index contributed by atoms with van der Waals surface area (Å²) in [6.45, 7) is 0.392. The molecule has 2 aromatic rings. The second-order valence-electron chi connectivity index (χ2n) is 7.17. The molecule has 0 aliphatic heterocycles. The van der Waals surface area contributed by atoms with E-state index in [1.165, 1.54) is 11.1 Å². The number of amides is 1.